The Labute approximate surface area is 141 Å². The van der Waals surface area contributed by atoms with Crippen LogP contribution in [0.4, 0.5) is 5.69 Å². The van der Waals surface area contributed by atoms with Crippen LogP contribution in [0, 0.1) is 0 Å². The van der Waals surface area contributed by atoms with Crippen molar-refractivity contribution in [3.8, 4) is 5.75 Å². The predicted octanol–water partition coefficient (Wildman–Crippen LogP) is 1.96. The zero-order chi connectivity index (χ0) is 16.5. The number of hydrogen-bond donors (Lipinski definition) is 2. The number of piperazine rings is 1. The number of phenolic OH excluding ortho intramolecular Hbond substituents is 1. The van der Waals surface area contributed by atoms with Gasteiger partial charge < -0.3 is 20.2 Å². The van der Waals surface area contributed by atoms with Crippen molar-refractivity contribution in [3.63, 3.8) is 0 Å². The highest BCUT2D eigenvalue weighted by molar-refractivity contribution is 5.94. The maximum Gasteiger partial charge on any atom is 0.253 e. The van der Waals surface area contributed by atoms with Gasteiger partial charge in [0, 0.05) is 50.5 Å². The van der Waals surface area contributed by atoms with Crippen LogP contribution in [0.3, 0.4) is 0 Å². The highest BCUT2D eigenvalue weighted by atomic mass is 16.3. The van der Waals surface area contributed by atoms with Crippen LogP contribution in [0.2, 0.25) is 0 Å². The molecule has 0 bridgehead atoms. The van der Waals surface area contributed by atoms with Crippen molar-refractivity contribution in [1.82, 2.24) is 10.2 Å². The van der Waals surface area contributed by atoms with Crippen molar-refractivity contribution >= 4 is 11.6 Å². The third-order valence-electron chi connectivity index (χ3n) is 4.87. The molecule has 0 aliphatic carbocycles. The first kappa shape index (κ1) is 15.0. The molecule has 0 spiro atoms. The average Bonchev–Trinajstić information content (AvgIpc) is 3.09. The van der Waals surface area contributed by atoms with Gasteiger partial charge in [0.05, 0.1) is 0 Å². The van der Waals surface area contributed by atoms with Gasteiger partial charge in [-0.15, -0.1) is 0 Å². The van der Waals surface area contributed by atoms with Gasteiger partial charge in [-0.2, -0.15) is 0 Å². The van der Waals surface area contributed by atoms with E-state index in [0.717, 1.165) is 50.5 Å². The Hall–Kier alpha value is -2.53. The standard InChI is InChI=1S/C19H21N3O2/c23-18-5-3-17(4-6-18)21-7-9-22(10-8-21)19(24)14-1-2-15-12-20-13-16(15)11-14/h1-6,11,20,23H,7-10,12-13H2. The summed E-state index contributed by atoms with van der Waals surface area (Å²) in [6.45, 7) is 4.80. The minimum Gasteiger partial charge on any atom is -0.508 e. The summed E-state index contributed by atoms with van der Waals surface area (Å²) < 4.78 is 0. The van der Waals surface area contributed by atoms with Crippen molar-refractivity contribution in [2.45, 2.75) is 13.1 Å². The number of carbonyl (C=O) groups is 1. The normalized spacial score (nSPS) is 17.0. The summed E-state index contributed by atoms with van der Waals surface area (Å²) in [5, 5.41) is 12.7. The molecule has 24 heavy (non-hydrogen) atoms. The lowest BCUT2D eigenvalue weighted by atomic mass is 10.1. The summed E-state index contributed by atoms with van der Waals surface area (Å²) in [6.07, 6.45) is 0. The topological polar surface area (TPSA) is 55.8 Å². The molecule has 0 unspecified atom stereocenters. The largest absolute Gasteiger partial charge is 0.508 e. The molecule has 0 atom stereocenters. The molecule has 5 nitrogen and oxygen atoms in total. The van der Waals surface area contributed by atoms with E-state index in [1.54, 1.807) is 12.1 Å². The van der Waals surface area contributed by atoms with Gasteiger partial charge in [-0.25, -0.2) is 0 Å². The summed E-state index contributed by atoms with van der Waals surface area (Å²) >= 11 is 0. The Morgan fingerprint density at radius 1 is 0.917 bits per heavy atom. The molecule has 5 heteroatoms. The zero-order valence-electron chi connectivity index (χ0n) is 13.5. The fourth-order valence-electron chi connectivity index (χ4n) is 3.44. The Morgan fingerprint density at radius 3 is 2.38 bits per heavy atom. The molecule has 0 aromatic heterocycles. The van der Waals surface area contributed by atoms with E-state index in [0.29, 0.717) is 0 Å². The molecule has 1 amide bonds. The maximum absolute atomic E-state index is 12.7. The lowest BCUT2D eigenvalue weighted by Crippen LogP contribution is -2.48. The molecule has 4 rings (SSSR count). The van der Waals surface area contributed by atoms with Crippen molar-refractivity contribution in [3.05, 3.63) is 59.2 Å². The van der Waals surface area contributed by atoms with E-state index in [9.17, 15) is 9.90 Å². The number of aromatic hydroxyl groups is 1. The number of fused-ring (bicyclic) bond motifs is 1. The van der Waals surface area contributed by atoms with Gasteiger partial charge >= 0.3 is 0 Å². The first-order valence-corrected chi connectivity index (χ1v) is 8.36. The maximum atomic E-state index is 12.7. The Morgan fingerprint density at radius 2 is 1.62 bits per heavy atom. The van der Waals surface area contributed by atoms with Crippen LogP contribution in [-0.4, -0.2) is 42.1 Å². The van der Waals surface area contributed by atoms with Crippen molar-refractivity contribution in [2.75, 3.05) is 31.1 Å². The Balaban J connectivity index is 1.42. The molecule has 0 saturated carbocycles. The summed E-state index contributed by atoms with van der Waals surface area (Å²) in [5.41, 5.74) is 4.41. The number of phenols is 1. The van der Waals surface area contributed by atoms with Crippen LogP contribution < -0.4 is 10.2 Å². The van der Waals surface area contributed by atoms with Crippen LogP contribution in [-0.2, 0) is 13.1 Å². The molecule has 2 aromatic carbocycles. The fraction of sp³-hybridized carbons (Fsp3) is 0.316. The second-order valence-corrected chi connectivity index (χ2v) is 6.38. The van der Waals surface area contributed by atoms with E-state index in [2.05, 4.69) is 16.3 Å². The van der Waals surface area contributed by atoms with Crippen LogP contribution in [0.5, 0.6) is 5.75 Å². The van der Waals surface area contributed by atoms with E-state index in [4.69, 9.17) is 0 Å². The summed E-state index contributed by atoms with van der Waals surface area (Å²) in [7, 11) is 0. The zero-order valence-corrected chi connectivity index (χ0v) is 13.5. The number of benzene rings is 2. The summed E-state index contributed by atoms with van der Waals surface area (Å²) in [5.74, 6) is 0.397. The van der Waals surface area contributed by atoms with Gasteiger partial charge in [0.2, 0.25) is 0 Å². The first-order valence-electron chi connectivity index (χ1n) is 8.36. The third kappa shape index (κ3) is 2.83. The van der Waals surface area contributed by atoms with E-state index >= 15 is 0 Å². The van der Waals surface area contributed by atoms with E-state index in [1.165, 1.54) is 11.1 Å². The number of hydrogen-bond acceptors (Lipinski definition) is 4. The van der Waals surface area contributed by atoms with Crippen molar-refractivity contribution in [1.29, 1.82) is 0 Å². The molecule has 1 saturated heterocycles. The number of amides is 1. The smallest absolute Gasteiger partial charge is 0.253 e. The van der Waals surface area contributed by atoms with E-state index in [1.807, 2.05) is 29.2 Å². The van der Waals surface area contributed by atoms with Gasteiger partial charge in [-0.3, -0.25) is 4.79 Å². The molecule has 2 aliphatic rings. The molecule has 124 valence electrons. The van der Waals surface area contributed by atoms with Gasteiger partial charge in [0.1, 0.15) is 5.75 Å². The Bertz CT molecular complexity index is 750. The highest BCUT2D eigenvalue weighted by Crippen LogP contribution is 2.22. The molecule has 2 heterocycles. The average molecular weight is 323 g/mol. The van der Waals surface area contributed by atoms with Gasteiger partial charge in [-0.05, 0) is 47.5 Å². The summed E-state index contributed by atoms with van der Waals surface area (Å²) in [4.78, 5) is 16.9. The minimum absolute atomic E-state index is 0.120. The number of carbonyl (C=O) groups excluding carboxylic acids is 1. The van der Waals surface area contributed by atoms with Crippen molar-refractivity contribution < 1.29 is 9.90 Å². The third-order valence-corrected chi connectivity index (χ3v) is 4.87. The number of nitrogens with one attached hydrogen (secondary N) is 1. The minimum atomic E-state index is 0.120. The SMILES string of the molecule is O=C(c1ccc2c(c1)CNC2)N1CCN(c2ccc(O)cc2)CC1. The molecule has 2 aromatic rings. The first-order chi connectivity index (χ1) is 11.7. The van der Waals surface area contributed by atoms with Gasteiger partial charge in [0.15, 0.2) is 0 Å². The lowest BCUT2D eigenvalue weighted by Gasteiger charge is -2.36. The number of nitrogens with zero attached hydrogens (tertiary/aromatic N) is 2. The lowest BCUT2D eigenvalue weighted by molar-refractivity contribution is 0.0746. The van der Waals surface area contributed by atoms with E-state index in [-0.39, 0.29) is 11.7 Å². The predicted molar refractivity (Wildman–Crippen MR) is 93.2 cm³/mol. The Kier molecular flexibility index (Phi) is 3.86. The molecule has 1 fully saturated rings. The molecular weight excluding hydrogens is 302 g/mol. The molecule has 2 aliphatic heterocycles. The highest BCUT2D eigenvalue weighted by Gasteiger charge is 2.23. The van der Waals surface area contributed by atoms with Gasteiger partial charge in [-0.1, -0.05) is 6.07 Å². The van der Waals surface area contributed by atoms with Crippen LogP contribution in [0.15, 0.2) is 42.5 Å². The monoisotopic (exact) mass is 323 g/mol. The van der Waals surface area contributed by atoms with Crippen LogP contribution >= 0.6 is 0 Å². The summed E-state index contributed by atoms with van der Waals surface area (Å²) in [6, 6.07) is 13.3. The number of anilines is 1. The fourth-order valence-corrected chi connectivity index (χ4v) is 3.44. The molecular formula is C19H21N3O2. The second-order valence-electron chi connectivity index (χ2n) is 6.38. The van der Waals surface area contributed by atoms with Gasteiger partial charge in [0.25, 0.3) is 5.91 Å². The number of rotatable bonds is 2. The second kappa shape index (κ2) is 6.17. The molecule has 2 N–H and O–H groups in total. The molecule has 0 radical (unpaired) electrons. The van der Waals surface area contributed by atoms with Crippen molar-refractivity contribution in [2.24, 2.45) is 0 Å². The quantitative estimate of drug-likeness (QED) is 0.887. The van der Waals surface area contributed by atoms with Crippen LogP contribution in [0.25, 0.3) is 0 Å². The van der Waals surface area contributed by atoms with E-state index < -0.39 is 0 Å². The van der Waals surface area contributed by atoms with Crippen LogP contribution in [0.1, 0.15) is 21.5 Å².